The molecule has 0 saturated heterocycles. The number of rotatable bonds is 5. The molecule has 0 radical (unpaired) electrons. The summed E-state index contributed by atoms with van der Waals surface area (Å²) in [7, 11) is 0. The Hall–Kier alpha value is -0.800. The van der Waals surface area contributed by atoms with E-state index in [9.17, 15) is 4.79 Å². The molecule has 1 aliphatic rings. The molecule has 1 aliphatic carbocycles. The molecule has 18 heavy (non-hydrogen) atoms. The number of carbonyl (C=O) groups excluding carboxylic acids is 1. The second-order valence-corrected chi connectivity index (χ2v) is 5.27. The van der Waals surface area contributed by atoms with E-state index in [0.29, 0.717) is 29.1 Å². The highest BCUT2D eigenvalue weighted by Crippen LogP contribution is 2.27. The molecule has 1 amide bonds. The van der Waals surface area contributed by atoms with Crippen LogP contribution in [0.2, 0.25) is 5.02 Å². The topological polar surface area (TPSA) is 33.2 Å². The van der Waals surface area contributed by atoms with Crippen LogP contribution in [0.5, 0.6) is 0 Å². The van der Waals surface area contributed by atoms with E-state index in [0.717, 1.165) is 19.3 Å². The summed E-state index contributed by atoms with van der Waals surface area (Å²) in [5, 5.41) is 0.415. The minimum absolute atomic E-state index is 0.00258. The maximum Gasteiger partial charge on any atom is 0.255 e. The third-order valence-electron chi connectivity index (χ3n) is 3.31. The van der Waals surface area contributed by atoms with Gasteiger partial charge in [-0.05, 0) is 31.7 Å². The van der Waals surface area contributed by atoms with Gasteiger partial charge in [-0.2, -0.15) is 0 Å². The van der Waals surface area contributed by atoms with Gasteiger partial charge < -0.3 is 4.90 Å². The largest absolute Gasteiger partial charge is 0.336 e. The van der Waals surface area contributed by atoms with E-state index in [4.69, 9.17) is 23.2 Å². The lowest BCUT2D eigenvalue weighted by Crippen LogP contribution is -2.45. The smallest absolute Gasteiger partial charge is 0.255 e. The average Bonchev–Trinajstić information content (AvgIpc) is 2.32. The first-order valence-corrected chi connectivity index (χ1v) is 7.11. The Morgan fingerprint density at radius 2 is 2.28 bits per heavy atom. The lowest BCUT2D eigenvalue weighted by atomic mass is 9.91. The molecule has 1 heterocycles. The number of amides is 1. The normalized spacial score (nSPS) is 15.2. The molecule has 1 aromatic heterocycles. The van der Waals surface area contributed by atoms with E-state index >= 15 is 0 Å². The monoisotopic (exact) mass is 286 g/mol. The fourth-order valence-electron chi connectivity index (χ4n) is 2.08. The fraction of sp³-hybridized carbons (Fsp3) is 0.538. The van der Waals surface area contributed by atoms with Gasteiger partial charge in [0.1, 0.15) is 0 Å². The quantitative estimate of drug-likeness (QED) is 0.778. The van der Waals surface area contributed by atoms with E-state index in [1.807, 2.05) is 4.90 Å². The van der Waals surface area contributed by atoms with Crippen LogP contribution in [0.25, 0.3) is 0 Å². The molecule has 0 N–H and O–H groups in total. The second kappa shape index (κ2) is 6.39. The standard InChI is InChI=1S/C13H16Cl2N2O/c14-6-2-8-17(10-3-1-4-10)13(18)11-5-7-16-9-12(11)15/h5,7,9-10H,1-4,6,8H2. The van der Waals surface area contributed by atoms with Crippen LogP contribution in [-0.2, 0) is 0 Å². The Morgan fingerprint density at radius 1 is 1.50 bits per heavy atom. The molecular weight excluding hydrogens is 271 g/mol. The van der Waals surface area contributed by atoms with Gasteiger partial charge in [0.25, 0.3) is 5.91 Å². The van der Waals surface area contributed by atoms with Gasteiger partial charge >= 0.3 is 0 Å². The van der Waals surface area contributed by atoms with Gasteiger partial charge in [-0.1, -0.05) is 11.6 Å². The molecule has 3 nitrogen and oxygen atoms in total. The number of hydrogen-bond acceptors (Lipinski definition) is 2. The van der Waals surface area contributed by atoms with Crippen LogP contribution in [0.1, 0.15) is 36.0 Å². The minimum atomic E-state index is -0.00258. The summed E-state index contributed by atoms with van der Waals surface area (Å²) < 4.78 is 0. The predicted molar refractivity (Wildman–Crippen MR) is 73.3 cm³/mol. The summed E-state index contributed by atoms with van der Waals surface area (Å²) in [6.07, 6.45) is 7.27. The Bertz CT molecular complexity index is 421. The van der Waals surface area contributed by atoms with Crippen LogP contribution < -0.4 is 0 Å². The highest BCUT2D eigenvalue weighted by atomic mass is 35.5. The maximum atomic E-state index is 12.5. The summed E-state index contributed by atoms with van der Waals surface area (Å²) in [5.74, 6) is 0.567. The number of nitrogens with zero attached hydrogens (tertiary/aromatic N) is 2. The Morgan fingerprint density at radius 3 is 2.83 bits per heavy atom. The zero-order valence-corrected chi connectivity index (χ0v) is 11.6. The van der Waals surface area contributed by atoms with Gasteiger partial charge in [-0.15, -0.1) is 11.6 Å². The van der Waals surface area contributed by atoms with Crippen molar-refractivity contribution in [2.45, 2.75) is 31.7 Å². The lowest BCUT2D eigenvalue weighted by Gasteiger charge is -2.37. The van der Waals surface area contributed by atoms with Crippen molar-refractivity contribution in [3.05, 3.63) is 29.0 Å². The van der Waals surface area contributed by atoms with Crippen LogP contribution in [0.4, 0.5) is 0 Å². The van der Waals surface area contributed by atoms with Crippen LogP contribution >= 0.6 is 23.2 Å². The molecular formula is C13H16Cl2N2O. The molecule has 0 aromatic carbocycles. The van der Waals surface area contributed by atoms with Crippen molar-refractivity contribution in [1.29, 1.82) is 0 Å². The third kappa shape index (κ3) is 2.96. The number of halogens is 2. The molecule has 0 spiro atoms. The summed E-state index contributed by atoms with van der Waals surface area (Å²) in [4.78, 5) is 18.3. The molecule has 0 unspecified atom stereocenters. The van der Waals surface area contributed by atoms with Gasteiger partial charge in [0, 0.05) is 30.9 Å². The first-order chi connectivity index (χ1) is 8.74. The molecule has 98 valence electrons. The van der Waals surface area contributed by atoms with Crippen molar-refractivity contribution in [1.82, 2.24) is 9.88 Å². The van der Waals surface area contributed by atoms with Crippen molar-refractivity contribution in [2.75, 3.05) is 12.4 Å². The number of carbonyl (C=O) groups is 1. The van der Waals surface area contributed by atoms with E-state index < -0.39 is 0 Å². The Balaban J connectivity index is 2.14. The molecule has 5 heteroatoms. The van der Waals surface area contributed by atoms with E-state index in [2.05, 4.69) is 4.98 Å². The average molecular weight is 287 g/mol. The van der Waals surface area contributed by atoms with Gasteiger partial charge in [0.2, 0.25) is 0 Å². The highest BCUT2D eigenvalue weighted by Gasteiger charge is 2.29. The first kappa shape index (κ1) is 13.6. The van der Waals surface area contributed by atoms with E-state index in [-0.39, 0.29) is 5.91 Å². The van der Waals surface area contributed by atoms with Crippen LogP contribution in [0, 0.1) is 0 Å². The summed E-state index contributed by atoms with van der Waals surface area (Å²) in [6.45, 7) is 0.700. The first-order valence-electron chi connectivity index (χ1n) is 6.20. The van der Waals surface area contributed by atoms with Crippen LogP contribution in [-0.4, -0.2) is 34.3 Å². The number of pyridine rings is 1. The molecule has 0 aliphatic heterocycles. The maximum absolute atomic E-state index is 12.5. The van der Waals surface area contributed by atoms with Crippen molar-refractivity contribution >= 4 is 29.1 Å². The lowest BCUT2D eigenvalue weighted by molar-refractivity contribution is 0.0581. The summed E-state index contributed by atoms with van der Waals surface area (Å²) in [5.41, 5.74) is 0.535. The summed E-state index contributed by atoms with van der Waals surface area (Å²) >= 11 is 11.7. The van der Waals surface area contributed by atoms with Crippen molar-refractivity contribution in [2.24, 2.45) is 0 Å². The minimum Gasteiger partial charge on any atom is -0.336 e. The molecule has 1 fully saturated rings. The number of aromatic nitrogens is 1. The highest BCUT2D eigenvalue weighted by molar-refractivity contribution is 6.33. The predicted octanol–water partition coefficient (Wildman–Crippen LogP) is 3.36. The summed E-state index contributed by atoms with van der Waals surface area (Å²) in [6, 6.07) is 2.03. The van der Waals surface area contributed by atoms with E-state index in [1.54, 1.807) is 12.3 Å². The Labute approximate surface area is 117 Å². The van der Waals surface area contributed by atoms with Crippen molar-refractivity contribution < 1.29 is 4.79 Å². The zero-order chi connectivity index (χ0) is 13.0. The van der Waals surface area contributed by atoms with Gasteiger partial charge in [0.05, 0.1) is 10.6 Å². The second-order valence-electron chi connectivity index (χ2n) is 4.48. The van der Waals surface area contributed by atoms with E-state index in [1.165, 1.54) is 12.6 Å². The van der Waals surface area contributed by atoms with Crippen molar-refractivity contribution in [3.63, 3.8) is 0 Å². The molecule has 0 atom stereocenters. The molecule has 1 aromatic rings. The van der Waals surface area contributed by atoms with Crippen molar-refractivity contribution in [3.8, 4) is 0 Å². The van der Waals surface area contributed by atoms with Gasteiger partial charge in [-0.25, -0.2) is 0 Å². The third-order valence-corrected chi connectivity index (χ3v) is 3.88. The van der Waals surface area contributed by atoms with Gasteiger partial charge in [0.15, 0.2) is 0 Å². The Kier molecular flexibility index (Phi) is 4.84. The number of hydrogen-bond donors (Lipinski definition) is 0. The SMILES string of the molecule is O=C(c1ccncc1Cl)N(CCCCl)C1CCC1. The molecule has 1 saturated carbocycles. The molecule has 0 bridgehead atoms. The fourth-order valence-corrected chi connectivity index (χ4v) is 2.40. The van der Waals surface area contributed by atoms with Crippen LogP contribution in [0.3, 0.4) is 0 Å². The van der Waals surface area contributed by atoms with Gasteiger partial charge in [-0.3, -0.25) is 9.78 Å². The molecule has 2 rings (SSSR count). The zero-order valence-electron chi connectivity index (χ0n) is 10.1. The van der Waals surface area contributed by atoms with Crippen LogP contribution in [0.15, 0.2) is 18.5 Å². The number of alkyl halides is 1.